The van der Waals surface area contributed by atoms with Crippen molar-refractivity contribution in [2.24, 2.45) is 0 Å². The van der Waals surface area contributed by atoms with Gasteiger partial charge in [0.25, 0.3) is 5.56 Å². The van der Waals surface area contributed by atoms with E-state index in [1.165, 1.54) is 10.6 Å². The SMILES string of the molecule is N#Cc1cc(Cn2cc(N)ccc2=O)ccn1. The van der Waals surface area contributed by atoms with E-state index < -0.39 is 0 Å². The van der Waals surface area contributed by atoms with Gasteiger partial charge in [-0.05, 0) is 23.8 Å². The van der Waals surface area contributed by atoms with E-state index in [0.29, 0.717) is 17.9 Å². The second-order valence-electron chi connectivity index (χ2n) is 3.59. The minimum Gasteiger partial charge on any atom is -0.398 e. The van der Waals surface area contributed by atoms with Gasteiger partial charge in [0.1, 0.15) is 11.8 Å². The first-order valence-electron chi connectivity index (χ1n) is 5.00. The Hall–Kier alpha value is -2.61. The van der Waals surface area contributed by atoms with Crippen LogP contribution in [0.4, 0.5) is 5.69 Å². The lowest BCUT2D eigenvalue weighted by atomic mass is 10.2. The van der Waals surface area contributed by atoms with Crippen LogP contribution in [0, 0.1) is 11.3 Å². The Morgan fingerprint density at radius 2 is 2.24 bits per heavy atom. The molecule has 5 heteroatoms. The topological polar surface area (TPSA) is 84.7 Å². The third-order valence-corrected chi connectivity index (χ3v) is 2.30. The van der Waals surface area contributed by atoms with Gasteiger partial charge >= 0.3 is 0 Å². The lowest BCUT2D eigenvalue weighted by molar-refractivity contribution is 0.760. The maximum Gasteiger partial charge on any atom is 0.250 e. The molecule has 0 fully saturated rings. The quantitative estimate of drug-likeness (QED) is 0.818. The van der Waals surface area contributed by atoms with Crippen molar-refractivity contribution in [2.45, 2.75) is 6.54 Å². The Morgan fingerprint density at radius 3 is 3.00 bits per heavy atom. The second-order valence-corrected chi connectivity index (χ2v) is 3.59. The fraction of sp³-hybridized carbons (Fsp3) is 0.0833. The molecule has 2 N–H and O–H groups in total. The summed E-state index contributed by atoms with van der Waals surface area (Å²) >= 11 is 0. The van der Waals surface area contributed by atoms with Crippen molar-refractivity contribution in [2.75, 3.05) is 5.73 Å². The summed E-state index contributed by atoms with van der Waals surface area (Å²) in [6.45, 7) is 0.376. The molecule has 0 aromatic carbocycles. The average molecular weight is 226 g/mol. The molecule has 0 saturated carbocycles. The van der Waals surface area contributed by atoms with Crippen molar-refractivity contribution in [1.29, 1.82) is 5.26 Å². The minimum absolute atomic E-state index is 0.130. The predicted octanol–water partition coefficient (Wildman–Crippen LogP) is 0.745. The largest absolute Gasteiger partial charge is 0.398 e. The van der Waals surface area contributed by atoms with Gasteiger partial charge in [-0.2, -0.15) is 5.26 Å². The molecule has 2 rings (SSSR count). The summed E-state index contributed by atoms with van der Waals surface area (Å²) in [6, 6.07) is 8.34. The third kappa shape index (κ3) is 2.49. The first-order valence-corrected chi connectivity index (χ1v) is 5.00. The summed E-state index contributed by atoms with van der Waals surface area (Å²) in [5.74, 6) is 0. The highest BCUT2D eigenvalue weighted by atomic mass is 16.1. The summed E-state index contributed by atoms with van der Waals surface area (Å²) in [5.41, 5.74) is 7.18. The zero-order valence-electron chi connectivity index (χ0n) is 9.00. The molecule has 0 radical (unpaired) electrons. The molecule has 84 valence electrons. The summed E-state index contributed by atoms with van der Waals surface area (Å²) in [7, 11) is 0. The minimum atomic E-state index is -0.130. The summed E-state index contributed by atoms with van der Waals surface area (Å²) < 4.78 is 1.49. The van der Waals surface area contributed by atoms with Crippen molar-refractivity contribution in [3.8, 4) is 6.07 Å². The molecule has 0 aliphatic carbocycles. The van der Waals surface area contributed by atoms with Gasteiger partial charge in [0.15, 0.2) is 0 Å². The van der Waals surface area contributed by atoms with Crippen LogP contribution in [-0.2, 0) is 6.54 Å². The van der Waals surface area contributed by atoms with Gasteiger partial charge in [-0.15, -0.1) is 0 Å². The van der Waals surface area contributed by atoms with Crippen molar-refractivity contribution in [3.05, 3.63) is 58.3 Å². The van der Waals surface area contributed by atoms with E-state index in [1.54, 1.807) is 30.6 Å². The molecule has 0 saturated heterocycles. The van der Waals surface area contributed by atoms with Crippen LogP contribution in [0.1, 0.15) is 11.3 Å². The number of anilines is 1. The predicted molar refractivity (Wildman–Crippen MR) is 63.2 cm³/mol. The maximum absolute atomic E-state index is 11.6. The number of nitrogen functional groups attached to an aromatic ring is 1. The van der Waals surface area contributed by atoms with Crippen LogP contribution in [0.15, 0.2) is 41.5 Å². The van der Waals surface area contributed by atoms with Crippen LogP contribution in [-0.4, -0.2) is 9.55 Å². The Morgan fingerprint density at radius 1 is 1.41 bits per heavy atom. The fourth-order valence-electron chi connectivity index (χ4n) is 1.50. The monoisotopic (exact) mass is 226 g/mol. The molecule has 0 unspecified atom stereocenters. The average Bonchev–Trinajstić information content (AvgIpc) is 2.34. The highest BCUT2D eigenvalue weighted by molar-refractivity contribution is 5.34. The number of pyridine rings is 2. The van der Waals surface area contributed by atoms with Crippen molar-refractivity contribution in [3.63, 3.8) is 0 Å². The molecule has 2 heterocycles. The van der Waals surface area contributed by atoms with Gasteiger partial charge in [0, 0.05) is 24.1 Å². The molecule has 0 aliphatic heterocycles. The molecule has 5 nitrogen and oxygen atoms in total. The van der Waals surface area contributed by atoms with Crippen LogP contribution >= 0.6 is 0 Å². The van der Waals surface area contributed by atoms with Crippen molar-refractivity contribution in [1.82, 2.24) is 9.55 Å². The standard InChI is InChI=1S/C12H10N4O/c13-6-11-5-9(3-4-15-11)7-16-8-10(14)1-2-12(16)17/h1-5,8H,7,14H2. The molecular formula is C12H10N4O. The van der Waals surface area contributed by atoms with Gasteiger partial charge in [-0.25, -0.2) is 4.98 Å². The molecular weight excluding hydrogens is 216 g/mol. The molecule has 0 bridgehead atoms. The number of aromatic nitrogens is 2. The Labute approximate surface area is 97.8 Å². The number of hydrogen-bond acceptors (Lipinski definition) is 4. The van der Waals surface area contributed by atoms with E-state index in [-0.39, 0.29) is 5.56 Å². The Balaban J connectivity index is 2.35. The van der Waals surface area contributed by atoms with Crippen LogP contribution < -0.4 is 11.3 Å². The van der Waals surface area contributed by atoms with Crippen molar-refractivity contribution < 1.29 is 0 Å². The fourth-order valence-corrected chi connectivity index (χ4v) is 1.50. The smallest absolute Gasteiger partial charge is 0.250 e. The van der Waals surface area contributed by atoms with Crippen LogP contribution in [0.25, 0.3) is 0 Å². The summed E-state index contributed by atoms with van der Waals surface area (Å²) in [4.78, 5) is 15.4. The number of nitrogens with two attached hydrogens (primary N) is 1. The molecule has 0 aliphatic rings. The highest BCUT2D eigenvalue weighted by Gasteiger charge is 2.00. The Kier molecular flexibility index (Phi) is 2.88. The number of hydrogen-bond donors (Lipinski definition) is 1. The van der Waals surface area contributed by atoms with Gasteiger partial charge in [0.2, 0.25) is 0 Å². The Bertz CT molecular complexity index is 639. The van der Waals surface area contributed by atoms with E-state index in [1.807, 2.05) is 6.07 Å². The number of nitriles is 1. The second kappa shape index (κ2) is 4.49. The van der Waals surface area contributed by atoms with Gasteiger partial charge < -0.3 is 10.3 Å². The molecule has 17 heavy (non-hydrogen) atoms. The lowest BCUT2D eigenvalue weighted by Crippen LogP contribution is -2.19. The van der Waals surface area contributed by atoms with E-state index in [2.05, 4.69) is 4.98 Å². The van der Waals surface area contributed by atoms with Gasteiger partial charge in [-0.1, -0.05) is 0 Å². The first-order chi connectivity index (χ1) is 8.19. The highest BCUT2D eigenvalue weighted by Crippen LogP contribution is 2.04. The van der Waals surface area contributed by atoms with Crippen LogP contribution in [0.2, 0.25) is 0 Å². The van der Waals surface area contributed by atoms with Gasteiger partial charge in [-0.3, -0.25) is 4.79 Å². The zero-order valence-corrected chi connectivity index (χ0v) is 9.00. The third-order valence-electron chi connectivity index (χ3n) is 2.30. The molecule has 0 spiro atoms. The lowest BCUT2D eigenvalue weighted by Gasteiger charge is -2.06. The first kappa shape index (κ1) is 10.9. The van der Waals surface area contributed by atoms with E-state index in [0.717, 1.165) is 5.56 Å². The molecule has 0 atom stereocenters. The zero-order chi connectivity index (χ0) is 12.3. The summed E-state index contributed by atoms with van der Waals surface area (Å²) in [6.07, 6.45) is 3.13. The van der Waals surface area contributed by atoms with Crippen molar-refractivity contribution >= 4 is 5.69 Å². The molecule has 2 aromatic rings. The maximum atomic E-state index is 11.6. The van der Waals surface area contributed by atoms with E-state index >= 15 is 0 Å². The summed E-state index contributed by atoms with van der Waals surface area (Å²) in [5, 5.41) is 8.73. The van der Waals surface area contributed by atoms with Crippen LogP contribution in [0.3, 0.4) is 0 Å². The van der Waals surface area contributed by atoms with E-state index in [9.17, 15) is 4.79 Å². The number of nitrogens with zero attached hydrogens (tertiary/aromatic N) is 3. The van der Waals surface area contributed by atoms with Crippen LogP contribution in [0.5, 0.6) is 0 Å². The van der Waals surface area contributed by atoms with E-state index in [4.69, 9.17) is 11.0 Å². The van der Waals surface area contributed by atoms with Gasteiger partial charge in [0.05, 0.1) is 6.54 Å². The number of rotatable bonds is 2. The molecule has 2 aromatic heterocycles. The molecule has 0 amide bonds. The normalized spacial score (nSPS) is 9.82.